The van der Waals surface area contributed by atoms with E-state index in [4.69, 9.17) is 14.2 Å². The minimum Gasteiger partial charge on any atom is -0.507 e. The Morgan fingerprint density at radius 1 is 1.10 bits per heavy atom. The van der Waals surface area contributed by atoms with E-state index in [0.29, 0.717) is 5.75 Å². The maximum absolute atomic E-state index is 12.1. The fourth-order valence-corrected chi connectivity index (χ4v) is 1.86. The van der Waals surface area contributed by atoms with Crippen LogP contribution in [-0.2, 0) is 11.3 Å². The van der Waals surface area contributed by atoms with Crippen molar-refractivity contribution in [1.29, 1.82) is 0 Å². The van der Waals surface area contributed by atoms with Crippen molar-refractivity contribution in [2.24, 2.45) is 0 Å². The van der Waals surface area contributed by atoms with Crippen molar-refractivity contribution >= 4 is 5.97 Å². The molecule has 0 aliphatic rings. The van der Waals surface area contributed by atoms with Crippen LogP contribution < -0.4 is 9.47 Å². The molecular weight excluding hydrogens is 272 g/mol. The molecular formula is C16H16O5. The third kappa shape index (κ3) is 3.45. The number of phenols is 1. The van der Waals surface area contributed by atoms with Crippen LogP contribution in [0.1, 0.15) is 15.9 Å². The van der Waals surface area contributed by atoms with Crippen LogP contribution in [0, 0.1) is 0 Å². The summed E-state index contributed by atoms with van der Waals surface area (Å²) in [5.74, 6) is -0.311. The van der Waals surface area contributed by atoms with Gasteiger partial charge < -0.3 is 19.3 Å². The number of benzene rings is 2. The Balaban J connectivity index is 2.19. The molecule has 2 aromatic carbocycles. The molecule has 0 saturated carbocycles. The van der Waals surface area contributed by atoms with Gasteiger partial charge in [0.2, 0.25) is 0 Å². The molecule has 5 heteroatoms. The molecule has 1 N–H and O–H groups in total. The Morgan fingerprint density at radius 3 is 2.43 bits per heavy atom. The molecule has 2 aromatic rings. The molecule has 0 fully saturated rings. The molecule has 0 bridgehead atoms. The summed E-state index contributed by atoms with van der Waals surface area (Å²) in [7, 11) is 2.86. The third-order valence-electron chi connectivity index (χ3n) is 2.93. The number of hydrogen-bond donors (Lipinski definition) is 1. The zero-order valence-corrected chi connectivity index (χ0v) is 11.8. The monoisotopic (exact) mass is 288 g/mol. The standard InChI is InChI=1S/C16H16O5/c1-19-12-8-13(17)15(14(9-12)20-2)16(18)21-10-11-6-4-3-5-7-11/h3-9,17H,10H2,1-2H3. The van der Waals surface area contributed by atoms with E-state index in [1.54, 1.807) is 0 Å². The zero-order chi connectivity index (χ0) is 15.2. The van der Waals surface area contributed by atoms with Gasteiger partial charge in [0.25, 0.3) is 0 Å². The van der Waals surface area contributed by atoms with E-state index in [1.807, 2.05) is 30.3 Å². The molecule has 0 spiro atoms. The summed E-state index contributed by atoms with van der Waals surface area (Å²) >= 11 is 0. The maximum Gasteiger partial charge on any atom is 0.346 e. The number of aromatic hydroxyl groups is 1. The van der Waals surface area contributed by atoms with Crippen LogP contribution in [0.3, 0.4) is 0 Å². The highest BCUT2D eigenvalue weighted by molar-refractivity contribution is 5.95. The molecule has 2 rings (SSSR count). The summed E-state index contributed by atoms with van der Waals surface area (Å²) in [5, 5.41) is 9.94. The first-order chi connectivity index (χ1) is 10.2. The van der Waals surface area contributed by atoms with Crippen LogP contribution in [0.4, 0.5) is 0 Å². The highest BCUT2D eigenvalue weighted by atomic mass is 16.5. The smallest absolute Gasteiger partial charge is 0.346 e. The maximum atomic E-state index is 12.1. The lowest BCUT2D eigenvalue weighted by molar-refractivity contribution is 0.0465. The molecule has 21 heavy (non-hydrogen) atoms. The number of rotatable bonds is 5. The fraction of sp³-hybridized carbons (Fsp3) is 0.188. The van der Waals surface area contributed by atoms with Crippen molar-refractivity contribution in [2.45, 2.75) is 6.61 Å². The topological polar surface area (TPSA) is 65.0 Å². The minimum atomic E-state index is -0.657. The Morgan fingerprint density at radius 2 is 1.81 bits per heavy atom. The first-order valence-corrected chi connectivity index (χ1v) is 6.31. The van der Waals surface area contributed by atoms with Crippen LogP contribution in [0.25, 0.3) is 0 Å². The number of hydrogen-bond acceptors (Lipinski definition) is 5. The van der Waals surface area contributed by atoms with Crippen molar-refractivity contribution in [2.75, 3.05) is 14.2 Å². The second-order valence-electron chi connectivity index (χ2n) is 4.29. The summed E-state index contributed by atoms with van der Waals surface area (Å²) in [6, 6.07) is 12.1. The highest BCUT2D eigenvalue weighted by Crippen LogP contribution is 2.33. The Kier molecular flexibility index (Phi) is 4.66. The first kappa shape index (κ1) is 14.7. The molecule has 0 amide bonds. The van der Waals surface area contributed by atoms with E-state index in [2.05, 4.69) is 0 Å². The lowest BCUT2D eigenvalue weighted by atomic mass is 10.1. The number of carbonyl (C=O) groups excluding carboxylic acids is 1. The molecule has 0 aliphatic carbocycles. The highest BCUT2D eigenvalue weighted by Gasteiger charge is 2.20. The van der Waals surface area contributed by atoms with Gasteiger partial charge in [0.1, 0.15) is 29.4 Å². The lowest BCUT2D eigenvalue weighted by Crippen LogP contribution is -2.08. The minimum absolute atomic E-state index is 0.0192. The predicted molar refractivity (Wildman–Crippen MR) is 76.8 cm³/mol. The van der Waals surface area contributed by atoms with Gasteiger partial charge in [0.05, 0.1) is 14.2 Å². The second kappa shape index (κ2) is 6.65. The van der Waals surface area contributed by atoms with E-state index in [-0.39, 0.29) is 23.7 Å². The van der Waals surface area contributed by atoms with Crippen LogP contribution in [0.2, 0.25) is 0 Å². The van der Waals surface area contributed by atoms with Gasteiger partial charge in [-0.15, -0.1) is 0 Å². The van der Waals surface area contributed by atoms with Crippen LogP contribution in [-0.4, -0.2) is 25.3 Å². The molecule has 0 saturated heterocycles. The molecule has 0 radical (unpaired) electrons. The van der Waals surface area contributed by atoms with Crippen molar-refractivity contribution < 1.29 is 24.1 Å². The van der Waals surface area contributed by atoms with Gasteiger partial charge in [0.15, 0.2) is 0 Å². The van der Waals surface area contributed by atoms with Crippen molar-refractivity contribution in [3.8, 4) is 17.2 Å². The van der Waals surface area contributed by atoms with Gasteiger partial charge >= 0.3 is 5.97 Å². The van der Waals surface area contributed by atoms with Crippen molar-refractivity contribution in [3.05, 3.63) is 53.6 Å². The zero-order valence-electron chi connectivity index (χ0n) is 11.8. The first-order valence-electron chi connectivity index (χ1n) is 6.31. The van der Waals surface area contributed by atoms with Gasteiger partial charge in [-0.3, -0.25) is 0 Å². The molecule has 0 atom stereocenters. The molecule has 0 aliphatic heterocycles. The molecule has 0 heterocycles. The van der Waals surface area contributed by atoms with Crippen LogP contribution >= 0.6 is 0 Å². The quantitative estimate of drug-likeness (QED) is 0.857. The molecule has 0 aromatic heterocycles. The summed E-state index contributed by atoms with van der Waals surface area (Å²) in [4.78, 5) is 12.1. The lowest BCUT2D eigenvalue weighted by Gasteiger charge is -2.12. The van der Waals surface area contributed by atoms with E-state index < -0.39 is 5.97 Å². The van der Waals surface area contributed by atoms with E-state index in [9.17, 15) is 9.90 Å². The summed E-state index contributed by atoms with van der Waals surface area (Å²) < 4.78 is 15.3. The van der Waals surface area contributed by atoms with Crippen LogP contribution in [0.15, 0.2) is 42.5 Å². The normalized spacial score (nSPS) is 10.0. The van der Waals surface area contributed by atoms with E-state index in [1.165, 1.54) is 26.4 Å². The SMILES string of the molecule is COc1cc(O)c(C(=O)OCc2ccccc2)c(OC)c1. The Bertz CT molecular complexity index is 622. The van der Waals surface area contributed by atoms with Gasteiger partial charge in [-0.2, -0.15) is 0 Å². The average Bonchev–Trinajstić information content (AvgIpc) is 2.52. The number of ether oxygens (including phenoxy) is 3. The Labute approximate surface area is 122 Å². The summed E-state index contributed by atoms with van der Waals surface area (Å²) in [5.41, 5.74) is 0.840. The van der Waals surface area contributed by atoms with Gasteiger partial charge in [0, 0.05) is 12.1 Å². The predicted octanol–water partition coefficient (Wildman–Crippen LogP) is 2.77. The second-order valence-corrected chi connectivity index (χ2v) is 4.29. The van der Waals surface area contributed by atoms with E-state index >= 15 is 0 Å². The van der Waals surface area contributed by atoms with E-state index in [0.717, 1.165) is 5.56 Å². The summed E-state index contributed by atoms with van der Waals surface area (Å²) in [6.07, 6.45) is 0. The number of phenolic OH excluding ortho intramolecular Hbond substituents is 1. The average molecular weight is 288 g/mol. The van der Waals surface area contributed by atoms with Gasteiger partial charge in [-0.1, -0.05) is 30.3 Å². The fourth-order valence-electron chi connectivity index (χ4n) is 1.86. The molecule has 0 unspecified atom stereocenters. The number of methoxy groups -OCH3 is 2. The van der Waals surface area contributed by atoms with Gasteiger partial charge in [-0.05, 0) is 5.56 Å². The molecule has 110 valence electrons. The number of carbonyl (C=O) groups is 1. The van der Waals surface area contributed by atoms with Gasteiger partial charge in [-0.25, -0.2) is 4.79 Å². The van der Waals surface area contributed by atoms with Crippen molar-refractivity contribution in [3.63, 3.8) is 0 Å². The largest absolute Gasteiger partial charge is 0.507 e. The summed E-state index contributed by atoms with van der Waals surface area (Å²) in [6.45, 7) is 0.119. The van der Waals surface area contributed by atoms with Crippen molar-refractivity contribution in [1.82, 2.24) is 0 Å². The Hall–Kier alpha value is -2.69. The molecule has 5 nitrogen and oxygen atoms in total. The van der Waals surface area contributed by atoms with Crippen LogP contribution in [0.5, 0.6) is 17.2 Å². The number of esters is 1. The third-order valence-corrected chi connectivity index (χ3v) is 2.93.